The van der Waals surface area contributed by atoms with Crippen molar-refractivity contribution in [1.82, 2.24) is 10.3 Å². The lowest BCUT2D eigenvalue weighted by molar-refractivity contribution is 0.0395. The van der Waals surface area contributed by atoms with Gasteiger partial charge < -0.3 is 30.4 Å². The minimum absolute atomic E-state index is 0.0838. The highest BCUT2D eigenvalue weighted by atomic mass is 35.5. The van der Waals surface area contributed by atoms with Crippen LogP contribution in [0.25, 0.3) is 11.3 Å². The first kappa shape index (κ1) is 27.5. The number of aromatic nitrogens is 1. The van der Waals surface area contributed by atoms with Gasteiger partial charge in [-0.25, -0.2) is 18.2 Å². The second-order valence-corrected chi connectivity index (χ2v) is 9.14. The number of carbonyl (C=O) groups is 1. The molecule has 8 nitrogen and oxygen atoms in total. The molecular formula is C26H25ClF3N3O5. The maximum absolute atomic E-state index is 13.7. The summed E-state index contributed by atoms with van der Waals surface area (Å²) in [6, 6.07) is 11.2. The third kappa shape index (κ3) is 5.64. The predicted molar refractivity (Wildman–Crippen MR) is 133 cm³/mol. The molecule has 1 aliphatic carbocycles. The lowest BCUT2D eigenvalue weighted by Gasteiger charge is -2.27. The molecule has 2 unspecified atom stereocenters. The number of benzene rings is 2. The quantitative estimate of drug-likeness (QED) is 0.350. The highest BCUT2D eigenvalue weighted by molar-refractivity contribution is 6.31. The van der Waals surface area contributed by atoms with Crippen LogP contribution < -0.4 is 25.3 Å². The normalized spacial score (nSPS) is 17.3. The summed E-state index contributed by atoms with van der Waals surface area (Å²) in [6.45, 7) is -0.623. The molecule has 0 aliphatic heterocycles. The van der Waals surface area contributed by atoms with E-state index in [2.05, 4.69) is 10.3 Å². The number of ether oxygens (including phenoxy) is 3. The standard InChI is InChI=1S/C26H25ClF3N3O5/c1-36-19-7-8-21(33-23(19)14-3-5-17(28)16(27)9-14)25(35,12-31)13-32-24(34)15-4-6-18(20(10-15)37-2)38-22-11-26(22,29)30/h3-10,22,35H,11-13,31H2,1-2H3,(H,32,34). The van der Waals surface area contributed by atoms with Gasteiger partial charge in [-0.05, 0) is 48.5 Å². The number of methoxy groups -OCH3 is 2. The van der Waals surface area contributed by atoms with Gasteiger partial charge in [-0.3, -0.25) is 4.79 Å². The van der Waals surface area contributed by atoms with Gasteiger partial charge in [-0.1, -0.05) is 11.6 Å². The highest BCUT2D eigenvalue weighted by Crippen LogP contribution is 2.46. The number of halogens is 4. The molecule has 1 fully saturated rings. The van der Waals surface area contributed by atoms with Crippen LogP contribution in [-0.4, -0.2) is 55.3 Å². The molecular weight excluding hydrogens is 527 g/mol. The van der Waals surface area contributed by atoms with Crippen molar-refractivity contribution in [2.75, 3.05) is 27.3 Å². The lowest BCUT2D eigenvalue weighted by Crippen LogP contribution is -2.46. The fourth-order valence-electron chi connectivity index (χ4n) is 3.69. The van der Waals surface area contributed by atoms with E-state index in [1.807, 2.05) is 0 Å². The Labute approximate surface area is 221 Å². The average Bonchev–Trinajstić information content (AvgIpc) is 3.53. The van der Waals surface area contributed by atoms with Crippen molar-refractivity contribution in [3.8, 4) is 28.5 Å². The minimum Gasteiger partial charge on any atom is -0.494 e. The molecule has 1 aromatic heterocycles. The van der Waals surface area contributed by atoms with E-state index in [-0.39, 0.29) is 53.0 Å². The first-order valence-corrected chi connectivity index (χ1v) is 11.8. The van der Waals surface area contributed by atoms with Gasteiger partial charge in [0.2, 0.25) is 0 Å². The molecule has 1 amide bonds. The summed E-state index contributed by atoms with van der Waals surface area (Å²) in [5.74, 6) is -3.54. The molecule has 0 radical (unpaired) electrons. The third-order valence-corrected chi connectivity index (χ3v) is 6.38. The molecule has 202 valence electrons. The van der Waals surface area contributed by atoms with Crippen molar-refractivity contribution in [1.29, 1.82) is 0 Å². The molecule has 0 spiro atoms. The van der Waals surface area contributed by atoms with Crippen LogP contribution in [0.1, 0.15) is 22.5 Å². The van der Waals surface area contributed by atoms with Gasteiger partial charge in [-0.2, -0.15) is 0 Å². The molecule has 1 saturated carbocycles. The average molecular weight is 552 g/mol. The largest absolute Gasteiger partial charge is 0.494 e. The van der Waals surface area contributed by atoms with Crippen LogP contribution >= 0.6 is 11.6 Å². The summed E-state index contributed by atoms with van der Waals surface area (Å²) in [5.41, 5.74) is 5.07. The molecule has 4 rings (SSSR count). The monoisotopic (exact) mass is 551 g/mol. The van der Waals surface area contributed by atoms with Crippen molar-refractivity contribution >= 4 is 17.5 Å². The number of nitrogens with two attached hydrogens (primary N) is 1. The topological polar surface area (TPSA) is 116 Å². The maximum Gasteiger partial charge on any atom is 0.288 e. The summed E-state index contributed by atoms with van der Waals surface area (Å²) in [6.07, 6.45) is -1.62. The Bertz CT molecular complexity index is 1360. The van der Waals surface area contributed by atoms with Crippen LogP contribution in [0.5, 0.6) is 17.2 Å². The molecule has 4 N–H and O–H groups in total. The Hall–Kier alpha value is -3.54. The summed E-state index contributed by atoms with van der Waals surface area (Å²) >= 11 is 5.92. The number of amides is 1. The van der Waals surface area contributed by atoms with Crippen LogP contribution in [0.3, 0.4) is 0 Å². The van der Waals surface area contributed by atoms with Gasteiger partial charge >= 0.3 is 0 Å². The summed E-state index contributed by atoms with van der Waals surface area (Å²) in [5, 5.41) is 13.8. The van der Waals surface area contributed by atoms with E-state index in [1.165, 1.54) is 56.7 Å². The molecule has 38 heavy (non-hydrogen) atoms. The minimum atomic E-state index is -2.88. The molecule has 2 atom stereocenters. The first-order chi connectivity index (χ1) is 18.0. The molecule has 1 aliphatic rings. The third-order valence-electron chi connectivity index (χ3n) is 6.09. The molecule has 3 aromatic rings. The SMILES string of the molecule is COc1cc(C(=O)NCC(O)(CN)c2ccc(OC)c(-c3ccc(F)c(Cl)c3)n2)ccc1OC1CC1(F)F. The Morgan fingerprint density at radius 2 is 1.84 bits per heavy atom. The van der Waals surface area contributed by atoms with E-state index >= 15 is 0 Å². The molecule has 2 aromatic carbocycles. The van der Waals surface area contributed by atoms with Gasteiger partial charge in [-0.15, -0.1) is 0 Å². The van der Waals surface area contributed by atoms with E-state index in [4.69, 9.17) is 31.5 Å². The van der Waals surface area contributed by atoms with Crippen LogP contribution in [0, 0.1) is 5.82 Å². The molecule has 0 bridgehead atoms. The Kier molecular flexibility index (Phi) is 7.73. The number of alkyl halides is 2. The smallest absolute Gasteiger partial charge is 0.288 e. The van der Waals surface area contributed by atoms with E-state index in [1.54, 1.807) is 6.07 Å². The number of hydrogen-bond acceptors (Lipinski definition) is 7. The van der Waals surface area contributed by atoms with Crippen molar-refractivity contribution in [2.45, 2.75) is 24.0 Å². The van der Waals surface area contributed by atoms with E-state index in [9.17, 15) is 23.1 Å². The highest BCUT2D eigenvalue weighted by Gasteiger charge is 2.60. The Morgan fingerprint density at radius 3 is 2.45 bits per heavy atom. The summed E-state index contributed by atoms with van der Waals surface area (Å²) in [7, 11) is 2.75. The number of carbonyl (C=O) groups excluding carboxylic acids is 1. The van der Waals surface area contributed by atoms with Gasteiger partial charge in [0.25, 0.3) is 11.8 Å². The zero-order valence-corrected chi connectivity index (χ0v) is 21.2. The number of rotatable bonds is 10. The molecule has 12 heteroatoms. The zero-order valence-electron chi connectivity index (χ0n) is 20.4. The van der Waals surface area contributed by atoms with Gasteiger partial charge in [0, 0.05) is 17.7 Å². The Morgan fingerprint density at radius 1 is 1.16 bits per heavy atom. The molecule has 0 saturated heterocycles. The Balaban J connectivity index is 1.53. The summed E-state index contributed by atoms with van der Waals surface area (Å²) < 4.78 is 55.9. The van der Waals surface area contributed by atoms with E-state index in [0.29, 0.717) is 11.3 Å². The van der Waals surface area contributed by atoms with Crippen molar-refractivity contribution in [3.05, 3.63) is 70.6 Å². The number of hydrogen-bond donors (Lipinski definition) is 3. The fraction of sp³-hybridized carbons (Fsp3) is 0.308. The lowest BCUT2D eigenvalue weighted by atomic mass is 9.97. The van der Waals surface area contributed by atoms with Gasteiger partial charge in [0.15, 0.2) is 17.6 Å². The second-order valence-electron chi connectivity index (χ2n) is 8.73. The molecule has 1 heterocycles. The van der Waals surface area contributed by atoms with Crippen LogP contribution in [0.4, 0.5) is 13.2 Å². The number of nitrogens with one attached hydrogen (secondary N) is 1. The van der Waals surface area contributed by atoms with Gasteiger partial charge in [0.1, 0.15) is 22.9 Å². The van der Waals surface area contributed by atoms with Crippen molar-refractivity contribution < 1.29 is 37.3 Å². The van der Waals surface area contributed by atoms with E-state index < -0.39 is 29.4 Å². The van der Waals surface area contributed by atoms with Gasteiger partial charge in [0.05, 0.1) is 37.9 Å². The number of aliphatic hydroxyl groups is 1. The predicted octanol–water partition coefficient (Wildman–Crippen LogP) is 3.92. The maximum atomic E-state index is 13.7. The van der Waals surface area contributed by atoms with Crippen molar-refractivity contribution in [3.63, 3.8) is 0 Å². The second kappa shape index (κ2) is 10.7. The number of pyridine rings is 1. The summed E-state index contributed by atoms with van der Waals surface area (Å²) in [4.78, 5) is 17.3. The van der Waals surface area contributed by atoms with Crippen LogP contribution in [0.2, 0.25) is 5.02 Å². The fourth-order valence-corrected chi connectivity index (χ4v) is 3.87. The number of nitrogens with zero attached hydrogens (tertiary/aromatic N) is 1. The van der Waals surface area contributed by atoms with Crippen LogP contribution in [0.15, 0.2) is 48.5 Å². The zero-order chi connectivity index (χ0) is 27.7. The first-order valence-electron chi connectivity index (χ1n) is 11.5. The van der Waals surface area contributed by atoms with Crippen LogP contribution in [-0.2, 0) is 5.60 Å². The van der Waals surface area contributed by atoms with E-state index in [0.717, 1.165) is 0 Å². The van der Waals surface area contributed by atoms with Crippen molar-refractivity contribution in [2.24, 2.45) is 5.73 Å².